The number of nitrogens with zero attached hydrogens (tertiary/aromatic N) is 1. The van der Waals surface area contributed by atoms with Crippen molar-refractivity contribution >= 4 is 29.9 Å². The highest BCUT2D eigenvalue weighted by Crippen LogP contribution is 2.15. The van der Waals surface area contributed by atoms with E-state index in [1.54, 1.807) is 7.05 Å². The van der Waals surface area contributed by atoms with E-state index in [9.17, 15) is 0 Å². The third-order valence-corrected chi connectivity index (χ3v) is 3.08. The van der Waals surface area contributed by atoms with Gasteiger partial charge in [-0.2, -0.15) is 0 Å². The van der Waals surface area contributed by atoms with Gasteiger partial charge in [-0.1, -0.05) is 13.0 Å². The van der Waals surface area contributed by atoms with E-state index in [-0.39, 0.29) is 24.0 Å². The maximum atomic E-state index is 5.75. The maximum Gasteiger partial charge on any atom is 0.191 e. The monoisotopic (exact) mass is 405 g/mol. The lowest BCUT2D eigenvalue weighted by molar-refractivity contribution is 0.321. The van der Waals surface area contributed by atoms with Gasteiger partial charge in [-0.25, -0.2) is 0 Å². The van der Waals surface area contributed by atoms with E-state index < -0.39 is 0 Å². The molecule has 1 rings (SSSR count). The number of guanidine groups is 1. The second-order valence-corrected chi connectivity index (χ2v) is 5.12. The van der Waals surface area contributed by atoms with Crippen LogP contribution in [0.5, 0.6) is 5.75 Å². The van der Waals surface area contributed by atoms with E-state index in [2.05, 4.69) is 61.5 Å². The minimum atomic E-state index is 0. The summed E-state index contributed by atoms with van der Waals surface area (Å²) in [6.07, 6.45) is 1.07. The van der Waals surface area contributed by atoms with Gasteiger partial charge in [0.15, 0.2) is 5.96 Å². The van der Waals surface area contributed by atoms with Crippen molar-refractivity contribution in [2.75, 3.05) is 20.2 Å². The molecule has 1 unspecified atom stereocenters. The van der Waals surface area contributed by atoms with Gasteiger partial charge in [0.2, 0.25) is 0 Å². The zero-order chi connectivity index (χ0) is 15.0. The molecule has 0 aliphatic rings. The Morgan fingerprint density at radius 3 is 2.38 bits per heavy atom. The molecule has 21 heavy (non-hydrogen) atoms. The molecule has 0 spiro atoms. The van der Waals surface area contributed by atoms with Gasteiger partial charge < -0.3 is 15.4 Å². The van der Waals surface area contributed by atoms with Crippen LogP contribution in [-0.4, -0.2) is 32.2 Å². The molecule has 4 nitrogen and oxygen atoms in total. The van der Waals surface area contributed by atoms with E-state index >= 15 is 0 Å². The van der Waals surface area contributed by atoms with Crippen LogP contribution in [0.3, 0.4) is 0 Å². The van der Waals surface area contributed by atoms with Crippen LogP contribution < -0.4 is 15.4 Å². The van der Waals surface area contributed by atoms with Crippen molar-refractivity contribution in [1.82, 2.24) is 10.6 Å². The van der Waals surface area contributed by atoms with Crippen LogP contribution in [0.1, 0.15) is 31.4 Å². The highest BCUT2D eigenvalue weighted by atomic mass is 127. The predicted octanol–water partition coefficient (Wildman–Crippen LogP) is 3.26. The normalized spacial score (nSPS) is 12.3. The SMILES string of the molecule is CCC(C)NC(=NC)NCCOc1cc(C)cc(C)c1.I. The van der Waals surface area contributed by atoms with Crippen LogP contribution in [0.4, 0.5) is 0 Å². The molecule has 0 aromatic heterocycles. The minimum absolute atomic E-state index is 0. The Balaban J connectivity index is 0.00000400. The number of ether oxygens (including phenoxy) is 1. The fourth-order valence-electron chi connectivity index (χ4n) is 1.88. The number of rotatable bonds is 6. The Hall–Kier alpha value is -0.980. The number of aryl methyl sites for hydroxylation is 2. The van der Waals surface area contributed by atoms with Gasteiger partial charge in [-0.15, -0.1) is 24.0 Å². The molecule has 0 radical (unpaired) electrons. The fraction of sp³-hybridized carbons (Fsp3) is 0.562. The van der Waals surface area contributed by atoms with Crippen molar-refractivity contribution in [2.24, 2.45) is 4.99 Å². The molecule has 0 saturated heterocycles. The molecule has 1 atom stereocenters. The second kappa shape index (κ2) is 10.7. The van der Waals surface area contributed by atoms with Gasteiger partial charge in [0.05, 0.1) is 6.54 Å². The third-order valence-electron chi connectivity index (χ3n) is 3.08. The van der Waals surface area contributed by atoms with E-state index in [4.69, 9.17) is 4.74 Å². The largest absolute Gasteiger partial charge is 0.492 e. The first-order valence-corrected chi connectivity index (χ1v) is 7.23. The maximum absolute atomic E-state index is 5.75. The summed E-state index contributed by atoms with van der Waals surface area (Å²) in [5.41, 5.74) is 2.45. The fourth-order valence-corrected chi connectivity index (χ4v) is 1.88. The molecule has 0 saturated carbocycles. The average Bonchev–Trinajstić information content (AvgIpc) is 2.40. The summed E-state index contributed by atoms with van der Waals surface area (Å²) in [5, 5.41) is 6.56. The Bertz CT molecular complexity index is 429. The van der Waals surface area contributed by atoms with Crippen molar-refractivity contribution in [3.05, 3.63) is 29.3 Å². The Morgan fingerprint density at radius 2 is 1.86 bits per heavy atom. The average molecular weight is 405 g/mol. The summed E-state index contributed by atoms with van der Waals surface area (Å²) in [4.78, 5) is 4.19. The Labute approximate surface area is 145 Å². The number of hydrogen-bond donors (Lipinski definition) is 2. The van der Waals surface area contributed by atoms with Crippen molar-refractivity contribution in [3.63, 3.8) is 0 Å². The first kappa shape index (κ1) is 20.0. The molecule has 1 aromatic carbocycles. The van der Waals surface area contributed by atoms with Crippen LogP contribution >= 0.6 is 24.0 Å². The molecular formula is C16H28IN3O. The summed E-state index contributed by atoms with van der Waals surface area (Å²) < 4.78 is 5.75. The standard InChI is InChI=1S/C16H27N3O.HI/c1-6-14(4)19-16(17-5)18-7-8-20-15-10-12(2)9-13(3)11-15;/h9-11,14H,6-8H2,1-5H3,(H2,17,18,19);1H. The Morgan fingerprint density at radius 1 is 1.24 bits per heavy atom. The topological polar surface area (TPSA) is 45.7 Å². The molecular weight excluding hydrogens is 377 g/mol. The first-order valence-electron chi connectivity index (χ1n) is 7.23. The molecule has 2 N–H and O–H groups in total. The van der Waals surface area contributed by atoms with Crippen molar-refractivity contribution in [2.45, 2.75) is 40.2 Å². The lowest BCUT2D eigenvalue weighted by Gasteiger charge is -2.16. The molecule has 0 aliphatic carbocycles. The third kappa shape index (κ3) is 8.14. The molecule has 0 bridgehead atoms. The van der Waals surface area contributed by atoms with Gasteiger partial charge in [0.1, 0.15) is 12.4 Å². The Kier molecular flexibility index (Phi) is 10.2. The van der Waals surface area contributed by atoms with Gasteiger partial charge in [-0.3, -0.25) is 4.99 Å². The molecule has 1 aromatic rings. The summed E-state index contributed by atoms with van der Waals surface area (Å²) >= 11 is 0. The van der Waals surface area contributed by atoms with E-state index in [0.717, 1.165) is 24.7 Å². The molecule has 120 valence electrons. The zero-order valence-electron chi connectivity index (χ0n) is 13.7. The predicted molar refractivity (Wildman–Crippen MR) is 101 cm³/mol. The lowest BCUT2D eigenvalue weighted by Crippen LogP contribution is -2.43. The van der Waals surface area contributed by atoms with Crippen LogP contribution in [0.25, 0.3) is 0 Å². The minimum Gasteiger partial charge on any atom is -0.492 e. The van der Waals surface area contributed by atoms with Crippen LogP contribution in [0, 0.1) is 13.8 Å². The molecule has 0 aliphatic heterocycles. The summed E-state index contributed by atoms with van der Waals surface area (Å²) in [5.74, 6) is 1.75. The smallest absolute Gasteiger partial charge is 0.191 e. The van der Waals surface area contributed by atoms with Crippen molar-refractivity contribution in [1.29, 1.82) is 0 Å². The number of halogens is 1. The van der Waals surface area contributed by atoms with Gasteiger partial charge in [0.25, 0.3) is 0 Å². The lowest BCUT2D eigenvalue weighted by atomic mass is 10.1. The zero-order valence-corrected chi connectivity index (χ0v) is 16.0. The molecule has 5 heteroatoms. The second-order valence-electron chi connectivity index (χ2n) is 5.12. The van der Waals surface area contributed by atoms with E-state index in [1.807, 2.05) is 0 Å². The van der Waals surface area contributed by atoms with Crippen molar-refractivity contribution < 1.29 is 4.74 Å². The van der Waals surface area contributed by atoms with E-state index in [1.165, 1.54) is 11.1 Å². The highest BCUT2D eigenvalue weighted by molar-refractivity contribution is 14.0. The summed E-state index contributed by atoms with van der Waals surface area (Å²) in [7, 11) is 1.78. The number of nitrogens with one attached hydrogen (secondary N) is 2. The quantitative estimate of drug-likeness (QED) is 0.331. The first-order chi connectivity index (χ1) is 9.55. The molecule has 0 heterocycles. The van der Waals surface area contributed by atoms with Crippen LogP contribution in [0.2, 0.25) is 0 Å². The summed E-state index contributed by atoms with van der Waals surface area (Å²) in [6, 6.07) is 6.67. The van der Waals surface area contributed by atoms with Crippen LogP contribution in [-0.2, 0) is 0 Å². The highest BCUT2D eigenvalue weighted by Gasteiger charge is 2.02. The van der Waals surface area contributed by atoms with E-state index in [0.29, 0.717) is 12.6 Å². The van der Waals surface area contributed by atoms with Gasteiger partial charge in [-0.05, 0) is 50.5 Å². The summed E-state index contributed by atoms with van der Waals surface area (Å²) in [6.45, 7) is 9.78. The number of aliphatic imine (C=N–C) groups is 1. The number of hydrogen-bond acceptors (Lipinski definition) is 2. The molecule has 0 fully saturated rings. The van der Waals surface area contributed by atoms with Gasteiger partial charge in [0, 0.05) is 13.1 Å². The van der Waals surface area contributed by atoms with Crippen LogP contribution in [0.15, 0.2) is 23.2 Å². The number of benzene rings is 1. The van der Waals surface area contributed by atoms with Crippen molar-refractivity contribution in [3.8, 4) is 5.75 Å². The molecule has 0 amide bonds. The van der Waals surface area contributed by atoms with Gasteiger partial charge >= 0.3 is 0 Å².